The SMILES string of the molecule is C[C@@H](NC(=S)CCc1ccccc1)[C@H](c1ccccc1)N1CCOCC1. The number of nitrogens with zero attached hydrogens (tertiary/aromatic N) is 1. The molecule has 0 radical (unpaired) electrons. The monoisotopic (exact) mass is 368 g/mol. The normalized spacial score (nSPS) is 17.4. The van der Waals surface area contributed by atoms with E-state index in [1.807, 2.05) is 0 Å². The molecule has 2 aromatic rings. The number of ether oxygens (including phenoxy) is 1. The van der Waals surface area contributed by atoms with E-state index in [4.69, 9.17) is 17.0 Å². The Hall–Kier alpha value is -1.75. The van der Waals surface area contributed by atoms with Crippen molar-refractivity contribution in [3.63, 3.8) is 0 Å². The van der Waals surface area contributed by atoms with E-state index in [0.29, 0.717) is 6.04 Å². The number of thiocarbonyl (C=S) groups is 1. The van der Waals surface area contributed by atoms with E-state index < -0.39 is 0 Å². The van der Waals surface area contributed by atoms with E-state index in [1.165, 1.54) is 11.1 Å². The molecule has 3 nitrogen and oxygen atoms in total. The molecule has 0 saturated carbocycles. The molecule has 1 heterocycles. The summed E-state index contributed by atoms with van der Waals surface area (Å²) in [5.74, 6) is 0. The molecule has 4 heteroatoms. The minimum Gasteiger partial charge on any atom is -0.379 e. The second kappa shape index (κ2) is 9.81. The van der Waals surface area contributed by atoms with Gasteiger partial charge in [0.1, 0.15) is 0 Å². The van der Waals surface area contributed by atoms with E-state index in [0.717, 1.165) is 44.1 Å². The average Bonchev–Trinajstić information content (AvgIpc) is 2.69. The van der Waals surface area contributed by atoms with E-state index in [9.17, 15) is 0 Å². The highest BCUT2D eigenvalue weighted by atomic mass is 32.1. The van der Waals surface area contributed by atoms with Gasteiger partial charge in [0.2, 0.25) is 0 Å². The van der Waals surface area contributed by atoms with E-state index in [1.54, 1.807) is 0 Å². The molecule has 0 spiro atoms. The minimum atomic E-state index is 0.249. The van der Waals surface area contributed by atoms with Crippen molar-refractivity contribution in [2.45, 2.75) is 31.8 Å². The van der Waals surface area contributed by atoms with Crippen LogP contribution in [-0.4, -0.2) is 42.2 Å². The molecule has 0 bridgehead atoms. The minimum absolute atomic E-state index is 0.249. The highest BCUT2D eigenvalue weighted by Gasteiger charge is 2.27. The van der Waals surface area contributed by atoms with E-state index >= 15 is 0 Å². The second-order valence-corrected chi connectivity index (χ2v) is 7.34. The van der Waals surface area contributed by atoms with Crippen LogP contribution in [0, 0.1) is 0 Å². The topological polar surface area (TPSA) is 24.5 Å². The zero-order valence-corrected chi connectivity index (χ0v) is 16.3. The van der Waals surface area contributed by atoms with Crippen LogP contribution in [0.1, 0.15) is 30.5 Å². The molecule has 2 atom stereocenters. The number of rotatable bonds is 7. The van der Waals surface area contributed by atoms with Crippen LogP contribution in [0.25, 0.3) is 0 Å². The van der Waals surface area contributed by atoms with Crippen molar-refractivity contribution >= 4 is 17.2 Å². The molecular weight excluding hydrogens is 340 g/mol. The first-order valence-electron chi connectivity index (χ1n) is 9.44. The summed E-state index contributed by atoms with van der Waals surface area (Å²) >= 11 is 5.65. The molecule has 0 aromatic heterocycles. The maximum Gasteiger partial charge on any atom is 0.0759 e. The third-order valence-electron chi connectivity index (χ3n) is 4.93. The molecule has 0 unspecified atom stereocenters. The predicted molar refractivity (Wildman–Crippen MR) is 112 cm³/mol. The van der Waals surface area contributed by atoms with E-state index in [2.05, 4.69) is 77.8 Å². The lowest BCUT2D eigenvalue weighted by molar-refractivity contribution is 0.0102. The third kappa shape index (κ3) is 5.37. The molecule has 1 aliphatic rings. The zero-order chi connectivity index (χ0) is 18.2. The highest BCUT2D eigenvalue weighted by molar-refractivity contribution is 7.80. The van der Waals surface area contributed by atoms with Crippen molar-refractivity contribution in [2.24, 2.45) is 0 Å². The van der Waals surface area contributed by atoms with Crippen LogP contribution in [0.3, 0.4) is 0 Å². The molecule has 1 saturated heterocycles. The van der Waals surface area contributed by atoms with Crippen molar-refractivity contribution in [3.05, 3.63) is 71.8 Å². The summed E-state index contributed by atoms with van der Waals surface area (Å²) < 4.78 is 5.55. The fourth-order valence-corrected chi connectivity index (χ4v) is 3.92. The van der Waals surface area contributed by atoms with Gasteiger partial charge in [0, 0.05) is 25.6 Å². The summed E-state index contributed by atoms with van der Waals surface area (Å²) in [5.41, 5.74) is 2.66. The van der Waals surface area contributed by atoms with Crippen LogP contribution >= 0.6 is 12.2 Å². The molecule has 2 aromatic carbocycles. The predicted octanol–water partition coefficient (Wildman–Crippen LogP) is 4.00. The van der Waals surface area contributed by atoms with Crippen LogP contribution < -0.4 is 5.32 Å². The Morgan fingerprint density at radius 2 is 1.65 bits per heavy atom. The fraction of sp³-hybridized carbons (Fsp3) is 0.409. The second-order valence-electron chi connectivity index (χ2n) is 6.85. The Morgan fingerprint density at radius 3 is 2.31 bits per heavy atom. The van der Waals surface area contributed by atoms with E-state index in [-0.39, 0.29) is 6.04 Å². The number of aryl methyl sites for hydroxylation is 1. The Bertz CT molecular complexity index is 671. The number of benzene rings is 2. The van der Waals surface area contributed by atoms with Crippen LogP contribution in [0.2, 0.25) is 0 Å². The van der Waals surface area contributed by atoms with Gasteiger partial charge in [-0.3, -0.25) is 4.90 Å². The van der Waals surface area contributed by atoms with Crippen molar-refractivity contribution in [2.75, 3.05) is 26.3 Å². The summed E-state index contributed by atoms with van der Waals surface area (Å²) in [6, 6.07) is 21.8. The van der Waals surface area contributed by atoms with Gasteiger partial charge in [0.05, 0.1) is 24.2 Å². The third-order valence-corrected chi connectivity index (χ3v) is 5.25. The molecular formula is C22H28N2OS. The standard InChI is InChI=1S/C22H28N2OS/c1-18(23-21(26)13-12-19-8-4-2-5-9-19)22(20-10-6-3-7-11-20)24-14-16-25-17-15-24/h2-11,18,22H,12-17H2,1H3,(H,23,26)/t18-,22-/m1/s1. The smallest absolute Gasteiger partial charge is 0.0759 e. The van der Waals surface area contributed by atoms with Crippen LogP contribution in [0.4, 0.5) is 0 Å². The fourth-order valence-electron chi connectivity index (χ4n) is 3.63. The first-order valence-corrected chi connectivity index (χ1v) is 9.85. The van der Waals surface area contributed by atoms with Crippen LogP contribution in [0.5, 0.6) is 0 Å². The Balaban J connectivity index is 1.63. The lowest BCUT2D eigenvalue weighted by atomic mass is 9.98. The van der Waals surface area contributed by atoms with Crippen molar-refractivity contribution in [1.82, 2.24) is 10.2 Å². The summed E-state index contributed by atoms with van der Waals surface area (Å²) in [5, 5.41) is 3.59. The molecule has 1 aliphatic heterocycles. The maximum atomic E-state index is 5.65. The largest absolute Gasteiger partial charge is 0.379 e. The highest BCUT2D eigenvalue weighted by Crippen LogP contribution is 2.25. The number of hydrogen-bond acceptors (Lipinski definition) is 3. The van der Waals surface area contributed by atoms with Gasteiger partial charge in [-0.1, -0.05) is 72.9 Å². The van der Waals surface area contributed by atoms with Gasteiger partial charge >= 0.3 is 0 Å². The summed E-state index contributed by atoms with van der Waals surface area (Å²) in [6.45, 7) is 5.76. The summed E-state index contributed by atoms with van der Waals surface area (Å²) in [6.07, 6.45) is 1.86. The Kier molecular flexibility index (Phi) is 7.18. The van der Waals surface area contributed by atoms with Crippen LogP contribution in [0.15, 0.2) is 60.7 Å². The average molecular weight is 369 g/mol. The van der Waals surface area contributed by atoms with Crippen molar-refractivity contribution in [1.29, 1.82) is 0 Å². The Labute approximate surface area is 162 Å². The first kappa shape index (κ1) is 19.0. The van der Waals surface area contributed by atoms with Crippen molar-refractivity contribution in [3.8, 4) is 0 Å². The number of morpholine rings is 1. The van der Waals surface area contributed by atoms with Gasteiger partial charge in [0.25, 0.3) is 0 Å². The Morgan fingerprint density at radius 1 is 1.04 bits per heavy atom. The molecule has 3 rings (SSSR count). The van der Waals surface area contributed by atoms with Gasteiger partial charge < -0.3 is 10.1 Å². The number of nitrogens with one attached hydrogen (secondary N) is 1. The van der Waals surface area contributed by atoms with Gasteiger partial charge in [-0.2, -0.15) is 0 Å². The van der Waals surface area contributed by atoms with Gasteiger partial charge in [0.15, 0.2) is 0 Å². The first-order chi connectivity index (χ1) is 12.7. The summed E-state index contributed by atoms with van der Waals surface area (Å²) in [4.78, 5) is 3.45. The molecule has 26 heavy (non-hydrogen) atoms. The molecule has 1 fully saturated rings. The van der Waals surface area contributed by atoms with Gasteiger partial charge in [-0.25, -0.2) is 0 Å². The summed E-state index contributed by atoms with van der Waals surface area (Å²) in [7, 11) is 0. The van der Waals surface area contributed by atoms with Gasteiger partial charge in [-0.15, -0.1) is 0 Å². The molecule has 0 amide bonds. The van der Waals surface area contributed by atoms with Crippen LogP contribution in [-0.2, 0) is 11.2 Å². The molecule has 1 N–H and O–H groups in total. The zero-order valence-electron chi connectivity index (χ0n) is 15.4. The quantitative estimate of drug-likeness (QED) is 0.747. The lowest BCUT2D eigenvalue weighted by Crippen LogP contribution is -2.48. The lowest BCUT2D eigenvalue weighted by Gasteiger charge is -2.38. The van der Waals surface area contributed by atoms with Crippen molar-refractivity contribution < 1.29 is 4.74 Å². The maximum absolute atomic E-state index is 5.65. The molecule has 138 valence electrons. The van der Waals surface area contributed by atoms with Gasteiger partial charge in [-0.05, 0) is 24.5 Å². The number of hydrogen-bond donors (Lipinski definition) is 1. The molecule has 0 aliphatic carbocycles.